The Morgan fingerprint density at radius 1 is 0.700 bits per heavy atom. The molecule has 0 heterocycles. The van der Waals surface area contributed by atoms with Crippen molar-refractivity contribution in [2.45, 2.75) is 56.0 Å². The predicted molar refractivity (Wildman–Crippen MR) is 49.9 cm³/mol. The number of hydrogen-bond donors (Lipinski definition) is 0. The summed E-state index contributed by atoms with van der Waals surface area (Å²) >= 11 is 0. The molecule has 20 heavy (non-hydrogen) atoms. The first-order valence-electron chi connectivity index (χ1n) is 5.99. The molecule has 9 heteroatoms. The zero-order valence-corrected chi connectivity index (χ0v) is 10.0. The largest absolute Gasteiger partial charge is 0.460 e. The molecule has 2 saturated carbocycles. The summed E-state index contributed by atoms with van der Waals surface area (Å²) in [4.78, 5) is 0. The van der Waals surface area contributed by atoms with Crippen molar-refractivity contribution in [3.63, 3.8) is 0 Å². The molecule has 0 radical (unpaired) electrons. The highest BCUT2D eigenvalue weighted by Crippen LogP contribution is 2.67. The second kappa shape index (κ2) is 3.97. The van der Waals surface area contributed by atoms with E-state index in [1.54, 1.807) is 0 Å². The summed E-state index contributed by atoms with van der Waals surface area (Å²) in [5.74, 6) is -18.9. The molecule has 0 amide bonds. The molecule has 0 N–H and O–H groups in total. The highest BCUT2D eigenvalue weighted by atomic mass is 19.4. The number of halogens is 9. The van der Waals surface area contributed by atoms with E-state index in [-0.39, 0.29) is 18.8 Å². The second-order valence-corrected chi connectivity index (χ2v) is 5.65. The molecule has 0 nitrogen and oxygen atoms in total. The van der Waals surface area contributed by atoms with Gasteiger partial charge in [-0.1, -0.05) is 0 Å². The number of rotatable bonds is 3. The molecule has 118 valence electrons. The van der Waals surface area contributed by atoms with Gasteiger partial charge < -0.3 is 0 Å². The minimum Gasteiger partial charge on any atom is -0.199 e. The molecule has 2 rings (SSSR count). The SMILES string of the molecule is FC(F)(F)C(F)(F)C(F)(F)C(F)(F)C12CCC(CC1)C2. The molecular weight excluding hydrogens is 303 g/mol. The lowest BCUT2D eigenvalue weighted by Gasteiger charge is -2.42. The van der Waals surface area contributed by atoms with Crippen LogP contribution in [0.15, 0.2) is 0 Å². The molecule has 2 bridgehead atoms. The molecule has 0 atom stereocenters. The quantitative estimate of drug-likeness (QED) is 0.641. The summed E-state index contributed by atoms with van der Waals surface area (Å²) in [6.45, 7) is 0. The maximum absolute atomic E-state index is 13.9. The van der Waals surface area contributed by atoms with Crippen LogP contribution in [0.4, 0.5) is 39.5 Å². The van der Waals surface area contributed by atoms with Crippen molar-refractivity contribution in [2.75, 3.05) is 0 Å². The summed E-state index contributed by atoms with van der Waals surface area (Å²) < 4.78 is 116. The number of fused-ring (bicyclic) bond motifs is 2. The van der Waals surface area contributed by atoms with E-state index in [2.05, 4.69) is 0 Å². The molecule has 2 aliphatic carbocycles. The topological polar surface area (TPSA) is 0 Å². The molecule has 0 aliphatic heterocycles. The van der Waals surface area contributed by atoms with Crippen LogP contribution in [0.5, 0.6) is 0 Å². The predicted octanol–water partition coefficient (Wildman–Crippen LogP) is 5.03. The Bertz CT molecular complexity index is 375. The third-order valence-electron chi connectivity index (χ3n) is 4.55. The molecule has 2 fully saturated rings. The van der Waals surface area contributed by atoms with Crippen molar-refractivity contribution < 1.29 is 39.5 Å². The first kappa shape index (κ1) is 15.8. The summed E-state index contributed by atoms with van der Waals surface area (Å²) in [5, 5.41) is 0. The average Bonchev–Trinajstić information content (AvgIpc) is 2.88. The Morgan fingerprint density at radius 2 is 1.15 bits per heavy atom. The fraction of sp³-hybridized carbons (Fsp3) is 1.00. The van der Waals surface area contributed by atoms with Gasteiger partial charge in [-0.25, -0.2) is 0 Å². The van der Waals surface area contributed by atoms with Crippen LogP contribution in [0.3, 0.4) is 0 Å². The Kier molecular flexibility index (Phi) is 3.13. The van der Waals surface area contributed by atoms with E-state index < -0.39 is 48.6 Å². The van der Waals surface area contributed by atoms with Crippen molar-refractivity contribution in [2.24, 2.45) is 11.3 Å². The molecule has 0 aromatic rings. The lowest BCUT2D eigenvalue weighted by atomic mass is 9.74. The van der Waals surface area contributed by atoms with Gasteiger partial charge in [-0.15, -0.1) is 0 Å². The summed E-state index contributed by atoms with van der Waals surface area (Å²) in [6.07, 6.45) is -7.74. The smallest absolute Gasteiger partial charge is 0.199 e. The third kappa shape index (κ3) is 1.70. The van der Waals surface area contributed by atoms with Crippen molar-refractivity contribution in [3.8, 4) is 0 Å². The van der Waals surface area contributed by atoms with Gasteiger partial charge >= 0.3 is 23.9 Å². The van der Waals surface area contributed by atoms with Crippen molar-refractivity contribution >= 4 is 0 Å². The lowest BCUT2D eigenvalue weighted by molar-refractivity contribution is -0.411. The van der Waals surface area contributed by atoms with Crippen LogP contribution in [0.1, 0.15) is 32.1 Å². The van der Waals surface area contributed by atoms with Crippen LogP contribution >= 0.6 is 0 Å². The van der Waals surface area contributed by atoms with Gasteiger partial charge in [0.05, 0.1) is 0 Å². The standard InChI is InChI=1S/C11H11F9/c12-8(13,7-3-1-6(5-7)2-4-7)9(14,15)10(16,17)11(18,19)20/h6H,1-5H2. The zero-order chi connectivity index (χ0) is 15.6. The third-order valence-corrected chi connectivity index (χ3v) is 4.55. The van der Waals surface area contributed by atoms with Gasteiger partial charge in [0.15, 0.2) is 0 Å². The van der Waals surface area contributed by atoms with Gasteiger partial charge in [-0.05, 0) is 38.0 Å². The first-order chi connectivity index (χ1) is 8.79. The number of hydrogen-bond acceptors (Lipinski definition) is 0. The van der Waals surface area contributed by atoms with E-state index in [0.29, 0.717) is 0 Å². The van der Waals surface area contributed by atoms with Gasteiger partial charge in [0, 0.05) is 5.41 Å². The first-order valence-corrected chi connectivity index (χ1v) is 5.99. The van der Waals surface area contributed by atoms with E-state index in [4.69, 9.17) is 0 Å². The maximum atomic E-state index is 13.9. The van der Waals surface area contributed by atoms with Gasteiger partial charge in [0.2, 0.25) is 0 Å². The molecular formula is C11H11F9. The van der Waals surface area contributed by atoms with Gasteiger partial charge in [0.25, 0.3) is 0 Å². The minimum absolute atomic E-state index is 0.156. The molecule has 0 aromatic carbocycles. The maximum Gasteiger partial charge on any atom is 0.460 e. The molecule has 2 aliphatic rings. The van der Waals surface area contributed by atoms with Gasteiger partial charge in [-0.3, -0.25) is 0 Å². The monoisotopic (exact) mass is 314 g/mol. The molecule has 0 saturated heterocycles. The van der Waals surface area contributed by atoms with Crippen LogP contribution in [0.25, 0.3) is 0 Å². The molecule has 0 aromatic heterocycles. The lowest BCUT2D eigenvalue weighted by Crippen LogP contribution is -2.65. The van der Waals surface area contributed by atoms with Crippen molar-refractivity contribution in [1.82, 2.24) is 0 Å². The molecule has 0 spiro atoms. The van der Waals surface area contributed by atoms with E-state index in [1.807, 2.05) is 0 Å². The van der Waals surface area contributed by atoms with E-state index in [0.717, 1.165) is 0 Å². The van der Waals surface area contributed by atoms with Crippen LogP contribution < -0.4 is 0 Å². The number of alkyl halides is 9. The molecule has 0 unspecified atom stereocenters. The Labute approximate surface area is 108 Å². The highest BCUT2D eigenvalue weighted by Gasteiger charge is 2.85. The average molecular weight is 314 g/mol. The Morgan fingerprint density at radius 3 is 1.45 bits per heavy atom. The van der Waals surface area contributed by atoms with Crippen molar-refractivity contribution in [3.05, 3.63) is 0 Å². The van der Waals surface area contributed by atoms with Gasteiger partial charge in [0.1, 0.15) is 0 Å². The Balaban J connectivity index is 2.42. The zero-order valence-electron chi connectivity index (χ0n) is 10.0. The van der Waals surface area contributed by atoms with E-state index >= 15 is 0 Å². The summed E-state index contributed by atoms with van der Waals surface area (Å²) in [5.41, 5.74) is -2.45. The van der Waals surface area contributed by atoms with Crippen LogP contribution in [-0.4, -0.2) is 23.9 Å². The fourth-order valence-corrected chi connectivity index (χ4v) is 3.34. The van der Waals surface area contributed by atoms with Crippen LogP contribution in [0.2, 0.25) is 0 Å². The minimum atomic E-state index is -6.76. The van der Waals surface area contributed by atoms with Gasteiger partial charge in [-0.2, -0.15) is 39.5 Å². The van der Waals surface area contributed by atoms with Crippen molar-refractivity contribution in [1.29, 1.82) is 0 Å². The highest BCUT2D eigenvalue weighted by molar-refractivity contribution is 5.13. The second-order valence-electron chi connectivity index (χ2n) is 5.65. The summed E-state index contributed by atoms with van der Waals surface area (Å²) in [6, 6.07) is 0. The summed E-state index contributed by atoms with van der Waals surface area (Å²) in [7, 11) is 0. The Hall–Kier alpha value is -0.630. The van der Waals surface area contributed by atoms with Crippen LogP contribution in [0, 0.1) is 11.3 Å². The fourth-order valence-electron chi connectivity index (χ4n) is 3.34. The van der Waals surface area contributed by atoms with E-state index in [9.17, 15) is 39.5 Å². The van der Waals surface area contributed by atoms with Crippen LogP contribution in [-0.2, 0) is 0 Å². The van der Waals surface area contributed by atoms with E-state index in [1.165, 1.54) is 0 Å². The normalized spacial score (nSPS) is 31.9.